The van der Waals surface area contributed by atoms with Crippen molar-refractivity contribution in [3.63, 3.8) is 0 Å². The summed E-state index contributed by atoms with van der Waals surface area (Å²) in [6.07, 6.45) is -1.99. The van der Waals surface area contributed by atoms with E-state index < -0.39 is 29.6 Å². The smallest absolute Gasteiger partial charge is 0.349 e. The highest BCUT2D eigenvalue weighted by Crippen LogP contribution is 2.30. The molecule has 1 saturated carbocycles. The van der Waals surface area contributed by atoms with E-state index >= 15 is 0 Å². The Morgan fingerprint density at radius 2 is 2.04 bits per heavy atom. The second-order valence-corrected chi connectivity index (χ2v) is 5.22. The molecular formula is C14H11F4N3O2. The molecule has 1 aromatic carbocycles. The fourth-order valence-electron chi connectivity index (χ4n) is 2.11. The van der Waals surface area contributed by atoms with Gasteiger partial charge in [0.25, 0.3) is 5.91 Å². The van der Waals surface area contributed by atoms with Gasteiger partial charge >= 0.3 is 12.1 Å². The molecule has 5 nitrogen and oxygen atoms in total. The average molecular weight is 329 g/mol. The highest BCUT2D eigenvalue weighted by atomic mass is 19.4. The summed E-state index contributed by atoms with van der Waals surface area (Å²) in [5.74, 6) is -3.41. The second-order valence-electron chi connectivity index (χ2n) is 5.22. The van der Waals surface area contributed by atoms with Crippen LogP contribution in [-0.4, -0.2) is 22.1 Å². The van der Waals surface area contributed by atoms with Crippen molar-refractivity contribution in [3.8, 4) is 11.4 Å². The molecule has 1 fully saturated rings. The van der Waals surface area contributed by atoms with Crippen LogP contribution in [0.15, 0.2) is 22.7 Å². The summed E-state index contributed by atoms with van der Waals surface area (Å²) in [4.78, 5) is 15.0. The molecule has 1 aromatic heterocycles. The number of benzene rings is 1. The minimum absolute atomic E-state index is 0.0812. The molecule has 122 valence electrons. The predicted octanol–water partition coefficient (Wildman–Crippen LogP) is 3.18. The molecule has 0 bridgehead atoms. The molecule has 3 rings (SSSR count). The Bertz CT molecular complexity index is 738. The highest BCUT2D eigenvalue weighted by molar-refractivity contribution is 5.94. The van der Waals surface area contributed by atoms with Gasteiger partial charge in [-0.1, -0.05) is 5.16 Å². The van der Waals surface area contributed by atoms with E-state index in [0.29, 0.717) is 0 Å². The van der Waals surface area contributed by atoms with Crippen LogP contribution in [-0.2, 0) is 6.18 Å². The fourth-order valence-corrected chi connectivity index (χ4v) is 2.11. The van der Waals surface area contributed by atoms with Crippen molar-refractivity contribution in [2.45, 2.75) is 31.5 Å². The molecule has 1 aliphatic carbocycles. The van der Waals surface area contributed by atoms with Crippen molar-refractivity contribution in [2.24, 2.45) is 0 Å². The number of alkyl halides is 3. The van der Waals surface area contributed by atoms with Crippen LogP contribution in [0.4, 0.5) is 17.6 Å². The largest absolute Gasteiger partial charge is 0.471 e. The molecular weight excluding hydrogens is 318 g/mol. The monoisotopic (exact) mass is 329 g/mol. The maximum absolute atomic E-state index is 14.1. The maximum Gasteiger partial charge on any atom is 0.471 e. The van der Waals surface area contributed by atoms with Crippen molar-refractivity contribution in [1.82, 2.24) is 15.5 Å². The molecule has 0 saturated heterocycles. The topological polar surface area (TPSA) is 68.0 Å². The van der Waals surface area contributed by atoms with E-state index in [1.165, 1.54) is 6.07 Å². The first-order valence-electron chi connectivity index (χ1n) is 6.86. The molecule has 0 atom stereocenters. The molecule has 9 heteroatoms. The van der Waals surface area contributed by atoms with Crippen LogP contribution < -0.4 is 5.32 Å². The number of hydrogen-bond donors (Lipinski definition) is 1. The first kappa shape index (κ1) is 15.4. The summed E-state index contributed by atoms with van der Waals surface area (Å²) in [5, 5.41) is 5.85. The Morgan fingerprint density at radius 3 is 2.57 bits per heavy atom. The molecule has 0 aliphatic heterocycles. The lowest BCUT2D eigenvalue weighted by atomic mass is 9.93. The summed E-state index contributed by atoms with van der Waals surface area (Å²) in [5.41, 5.74) is -0.192. The molecule has 0 spiro atoms. The zero-order chi connectivity index (χ0) is 16.6. The third-order valence-electron chi connectivity index (χ3n) is 3.58. The van der Waals surface area contributed by atoms with Gasteiger partial charge in [-0.3, -0.25) is 4.79 Å². The lowest BCUT2D eigenvalue weighted by molar-refractivity contribution is -0.159. The Kier molecular flexibility index (Phi) is 3.78. The minimum atomic E-state index is -4.80. The van der Waals surface area contributed by atoms with Gasteiger partial charge < -0.3 is 9.84 Å². The van der Waals surface area contributed by atoms with E-state index in [1.807, 2.05) is 0 Å². The van der Waals surface area contributed by atoms with Gasteiger partial charge in [0.05, 0.1) is 5.56 Å². The summed E-state index contributed by atoms with van der Waals surface area (Å²) in [6.45, 7) is 0. The van der Waals surface area contributed by atoms with Crippen LogP contribution in [0.25, 0.3) is 11.4 Å². The number of carbonyl (C=O) groups is 1. The molecule has 2 aromatic rings. The number of rotatable bonds is 3. The normalized spacial score (nSPS) is 15.3. The van der Waals surface area contributed by atoms with Gasteiger partial charge in [-0.15, -0.1) is 0 Å². The van der Waals surface area contributed by atoms with Crippen LogP contribution >= 0.6 is 0 Å². The van der Waals surface area contributed by atoms with Gasteiger partial charge in [-0.05, 0) is 37.5 Å². The van der Waals surface area contributed by atoms with Gasteiger partial charge in [-0.2, -0.15) is 18.2 Å². The van der Waals surface area contributed by atoms with Crippen LogP contribution in [0.2, 0.25) is 0 Å². The van der Waals surface area contributed by atoms with Crippen molar-refractivity contribution in [1.29, 1.82) is 0 Å². The average Bonchev–Trinajstić information content (AvgIpc) is 2.92. The Morgan fingerprint density at radius 1 is 1.30 bits per heavy atom. The lowest BCUT2D eigenvalue weighted by Crippen LogP contribution is -2.39. The number of halogens is 4. The van der Waals surface area contributed by atoms with E-state index in [9.17, 15) is 22.4 Å². The van der Waals surface area contributed by atoms with Crippen molar-refractivity contribution in [2.75, 3.05) is 0 Å². The zero-order valence-electron chi connectivity index (χ0n) is 11.7. The lowest BCUT2D eigenvalue weighted by Gasteiger charge is -2.26. The summed E-state index contributed by atoms with van der Waals surface area (Å²) < 4.78 is 55.3. The van der Waals surface area contributed by atoms with Crippen LogP contribution in [0.1, 0.15) is 35.5 Å². The molecule has 1 amide bonds. The number of nitrogens with zero attached hydrogens (tertiary/aromatic N) is 2. The third-order valence-corrected chi connectivity index (χ3v) is 3.58. The molecule has 0 unspecified atom stereocenters. The van der Waals surface area contributed by atoms with E-state index in [2.05, 4.69) is 20.0 Å². The highest BCUT2D eigenvalue weighted by Gasteiger charge is 2.38. The van der Waals surface area contributed by atoms with Crippen LogP contribution in [0.3, 0.4) is 0 Å². The van der Waals surface area contributed by atoms with Crippen LogP contribution in [0.5, 0.6) is 0 Å². The van der Waals surface area contributed by atoms with Gasteiger partial charge in [0, 0.05) is 11.6 Å². The predicted molar refractivity (Wildman–Crippen MR) is 69.8 cm³/mol. The fraction of sp³-hybridized carbons (Fsp3) is 0.357. The van der Waals surface area contributed by atoms with Crippen LogP contribution in [0, 0.1) is 5.82 Å². The minimum Gasteiger partial charge on any atom is -0.349 e. The molecule has 23 heavy (non-hydrogen) atoms. The number of nitrogens with one attached hydrogen (secondary N) is 1. The second kappa shape index (κ2) is 5.64. The molecule has 1 N–H and O–H groups in total. The first-order chi connectivity index (χ1) is 10.8. The maximum atomic E-state index is 14.1. The van der Waals surface area contributed by atoms with Crippen molar-refractivity contribution >= 4 is 5.91 Å². The molecule has 1 aliphatic rings. The van der Waals surface area contributed by atoms with E-state index in [4.69, 9.17) is 0 Å². The van der Waals surface area contributed by atoms with E-state index in [-0.39, 0.29) is 17.2 Å². The summed E-state index contributed by atoms with van der Waals surface area (Å²) >= 11 is 0. The van der Waals surface area contributed by atoms with Gasteiger partial charge in [0.1, 0.15) is 5.82 Å². The Hall–Kier alpha value is -2.45. The summed E-state index contributed by atoms with van der Waals surface area (Å²) in [6, 6.07) is 3.48. The van der Waals surface area contributed by atoms with Gasteiger partial charge in [0.15, 0.2) is 0 Å². The number of carbonyl (C=O) groups excluding carboxylic acids is 1. The van der Waals surface area contributed by atoms with E-state index in [0.717, 1.165) is 31.4 Å². The van der Waals surface area contributed by atoms with Gasteiger partial charge in [0.2, 0.25) is 5.82 Å². The number of aromatic nitrogens is 2. The Labute approximate surface area is 127 Å². The molecule has 0 radical (unpaired) electrons. The third kappa shape index (κ3) is 3.17. The van der Waals surface area contributed by atoms with Crippen molar-refractivity contribution in [3.05, 3.63) is 35.5 Å². The first-order valence-corrected chi connectivity index (χ1v) is 6.86. The standard InChI is InChI=1S/C14H11F4N3O2/c15-10-6-7(12(22)19-8-2-1-3-8)4-5-9(10)11-20-13(23-21-11)14(16,17)18/h4-6,8H,1-3H2,(H,19,22). The molecule has 1 heterocycles. The quantitative estimate of drug-likeness (QED) is 0.878. The zero-order valence-corrected chi connectivity index (χ0v) is 11.7. The van der Waals surface area contributed by atoms with Crippen molar-refractivity contribution < 1.29 is 26.9 Å². The number of hydrogen-bond acceptors (Lipinski definition) is 4. The number of amides is 1. The van der Waals surface area contributed by atoms with E-state index in [1.54, 1.807) is 0 Å². The Balaban J connectivity index is 1.81. The SMILES string of the molecule is O=C(NC1CCC1)c1ccc(-c2noc(C(F)(F)F)n2)c(F)c1. The summed E-state index contributed by atoms with van der Waals surface area (Å²) in [7, 11) is 0. The van der Waals surface area contributed by atoms with Gasteiger partial charge in [-0.25, -0.2) is 4.39 Å².